The number of halogens is 1. The highest BCUT2D eigenvalue weighted by Gasteiger charge is 2.36. The van der Waals surface area contributed by atoms with E-state index in [1.165, 1.54) is 12.1 Å². The van der Waals surface area contributed by atoms with Gasteiger partial charge in [-0.1, -0.05) is 36.4 Å². The third-order valence-electron chi connectivity index (χ3n) is 6.08. The minimum atomic E-state index is -0.342. The minimum Gasteiger partial charge on any atom is -0.497 e. The number of anilines is 2. The Hall–Kier alpha value is -3.60. The quantitative estimate of drug-likeness (QED) is 0.568. The van der Waals surface area contributed by atoms with Crippen LogP contribution in [0.5, 0.6) is 5.75 Å². The zero-order chi connectivity index (χ0) is 21.4. The number of nitrogens with one attached hydrogen (secondary N) is 2. The average Bonchev–Trinajstić information content (AvgIpc) is 2.96. The van der Waals surface area contributed by atoms with Crippen molar-refractivity contribution in [2.45, 2.75) is 24.8 Å². The van der Waals surface area contributed by atoms with E-state index in [0.717, 1.165) is 39.5 Å². The highest BCUT2D eigenvalue weighted by Crippen LogP contribution is 2.44. The maximum absolute atomic E-state index is 13.6. The summed E-state index contributed by atoms with van der Waals surface area (Å²) in [4.78, 5) is 13.5. The number of carbonyl (C=O) groups is 1. The van der Waals surface area contributed by atoms with Crippen molar-refractivity contribution in [2.24, 2.45) is 0 Å². The number of benzene rings is 3. The predicted molar refractivity (Wildman–Crippen MR) is 120 cm³/mol. The number of ether oxygens (including phenoxy) is 1. The summed E-state index contributed by atoms with van der Waals surface area (Å²) in [6.07, 6.45) is 1.13. The van der Waals surface area contributed by atoms with Gasteiger partial charge in [0.2, 0.25) is 0 Å². The average molecular weight is 414 g/mol. The summed E-state index contributed by atoms with van der Waals surface area (Å²) in [5.74, 6) is 0.650. The van der Waals surface area contributed by atoms with E-state index in [9.17, 15) is 9.18 Å². The second kappa shape index (κ2) is 7.91. The summed E-state index contributed by atoms with van der Waals surface area (Å²) in [7, 11) is 1.65. The van der Waals surface area contributed by atoms with Gasteiger partial charge in [0.1, 0.15) is 11.6 Å². The van der Waals surface area contributed by atoms with Gasteiger partial charge in [0.25, 0.3) is 0 Å². The van der Waals surface area contributed by atoms with Crippen molar-refractivity contribution < 1.29 is 13.9 Å². The number of allylic oxidation sites excluding steroid dienone is 1. The number of methoxy groups -OCH3 is 1. The first kappa shape index (κ1) is 19.4. The van der Waals surface area contributed by atoms with Crippen LogP contribution in [0.4, 0.5) is 15.8 Å². The first-order valence-electron chi connectivity index (χ1n) is 10.4. The van der Waals surface area contributed by atoms with Gasteiger partial charge < -0.3 is 15.4 Å². The monoisotopic (exact) mass is 414 g/mol. The second-order valence-corrected chi connectivity index (χ2v) is 8.00. The van der Waals surface area contributed by atoms with Crippen LogP contribution < -0.4 is 15.4 Å². The van der Waals surface area contributed by atoms with Gasteiger partial charge in [-0.3, -0.25) is 4.79 Å². The molecule has 2 unspecified atom stereocenters. The molecule has 0 saturated heterocycles. The number of para-hydroxylation sites is 2. The van der Waals surface area contributed by atoms with E-state index in [2.05, 4.69) is 10.6 Å². The van der Waals surface area contributed by atoms with E-state index in [0.29, 0.717) is 12.8 Å². The summed E-state index contributed by atoms with van der Waals surface area (Å²) in [6.45, 7) is 0. The number of fused-ring (bicyclic) bond motifs is 1. The largest absolute Gasteiger partial charge is 0.497 e. The van der Waals surface area contributed by atoms with Crippen LogP contribution in [0.25, 0.3) is 0 Å². The molecule has 0 bridgehead atoms. The van der Waals surface area contributed by atoms with Crippen molar-refractivity contribution in [2.75, 3.05) is 17.7 Å². The number of ketones is 1. The van der Waals surface area contributed by atoms with Crippen LogP contribution in [-0.2, 0) is 4.79 Å². The molecule has 1 heterocycles. The van der Waals surface area contributed by atoms with Crippen molar-refractivity contribution in [3.05, 3.63) is 101 Å². The fraction of sp³-hybridized carbons (Fsp3) is 0.192. The molecule has 2 atom stereocenters. The van der Waals surface area contributed by atoms with Gasteiger partial charge in [-0.15, -0.1) is 0 Å². The molecule has 2 N–H and O–H groups in total. The molecule has 1 aliphatic carbocycles. The lowest BCUT2D eigenvalue weighted by atomic mass is 9.78. The van der Waals surface area contributed by atoms with Gasteiger partial charge in [-0.2, -0.15) is 0 Å². The van der Waals surface area contributed by atoms with Crippen molar-refractivity contribution >= 4 is 17.2 Å². The van der Waals surface area contributed by atoms with Gasteiger partial charge in [0, 0.05) is 17.7 Å². The Morgan fingerprint density at radius 2 is 1.68 bits per heavy atom. The van der Waals surface area contributed by atoms with E-state index in [1.54, 1.807) is 19.2 Å². The molecule has 0 radical (unpaired) electrons. The molecule has 5 heteroatoms. The Labute approximate surface area is 180 Å². The third kappa shape index (κ3) is 3.67. The Bertz CT molecular complexity index is 1170. The molecule has 0 spiro atoms. The summed E-state index contributed by atoms with van der Waals surface area (Å²) < 4.78 is 18.9. The van der Waals surface area contributed by atoms with E-state index >= 15 is 0 Å². The Kier molecular flexibility index (Phi) is 4.94. The number of hydrogen-bond acceptors (Lipinski definition) is 4. The van der Waals surface area contributed by atoms with Crippen molar-refractivity contribution in [1.29, 1.82) is 0 Å². The van der Waals surface area contributed by atoms with Crippen molar-refractivity contribution in [3.63, 3.8) is 0 Å². The van der Waals surface area contributed by atoms with Crippen LogP contribution >= 0.6 is 0 Å². The molecule has 0 aromatic heterocycles. The van der Waals surface area contributed by atoms with Gasteiger partial charge in [0.15, 0.2) is 5.78 Å². The van der Waals surface area contributed by atoms with E-state index in [4.69, 9.17) is 4.74 Å². The van der Waals surface area contributed by atoms with Gasteiger partial charge in [-0.05, 0) is 59.9 Å². The molecule has 31 heavy (non-hydrogen) atoms. The van der Waals surface area contributed by atoms with E-state index in [-0.39, 0.29) is 23.6 Å². The molecule has 156 valence electrons. The number of carbonyl (C=O) groups excluding carboxylic acids is 1. The maximum atomic E-state index is 13.6. The van der Waals surface area contributed by atoms with Crippen LogP contribution in [0.1, 0.15) is 35.9 Å². The van der Waals surface area contributed by atoms with Crippen LogP contribution in [0.2, 0.25) is 0 Å². The molecule has 5 rings (SSSR count). The minimum absolute atomic E-state index is 0.0629. The summed E-state index contributed by atoms with van der Waals surface area (Å²) >= 11 is 0. The number of hydrogen-bond donors (Lipinski definition) is 2. The normalized spacial score (nSPS) is 20.1. The summed E-state index contributed by atoms with van der Waals surface area (Å²) in [5.41, 5.74) is 5.43. The lowest BCUT2D eigenvalue weighted by Crippen LogP contribution is -2.26. The third-order valence-corrected chi connectivity index (χ3v) is 6.08. The standard InChI is InChI=1S/C26H23FN2O2/c1-31-20-6-4-5-17(13-20)18-14-23-25(24(30)15-18)26(16-9-11-19(27)12-10-16)29-22-8-3-2-7-21(22)28-23/h2-13,18,26,28-29H,14-15H2,1H3. The first-order valence-corrected chi connectivity index (χ1v) is 10.4. The smallest absolute Gasteiger partial charge is 0.163 e. The molecule has 3 aromatic carbocycles. The summed E-state index contributed by atoms with van der Waals surface area (Å²) in [6, 6.07) is 21.9. The molecule has 3 aromatic rings. The van der Waals surface area contributed by atoms with E-state index < -0.39 is 0 Å². The highest BCUT2D eigenvalue weighted by atomic mass is 19.1. The Morgan fingerprint density at radius 1 is 0.903 bits per heavy atom. The molecule has 2 aliphatic rings. The Balaban J connectivity index is 1.59. The van der Waals surface area contributed by atoms with Crippen molar-refractivity contribution in [1.82, 2.24) is 0 Å². The van der Waals surface area contributed by atoms with Gasteiger partial charge in [0.05, 0.1) is 24.5 Å². The van der Waals surface area contributed by atoms with E-state index in [1.807, 2.05) is 48.5 Å². The molecule has 0 saturated carbocycles. The second-order valence-electron chi connectivity index (χ2n) is 8.00. The molecule has 4 nitrogen and oxygen atoms in total. The Morgan fingerprint density at radius 3 is 2.45 bits per heavy atom. The lowest BCUT2D eigenvalue weighted by Gasteiger charge is -2.30. The molecular weight excluding hydrogens is 391 g/mol. The van der Waals surface area contributed by atoms with Crippen LogP contribution in [0, 0.1) is 5.82 Å². The molecular formula is C26H23FN2O2. The predicted octanol–water partition coefficient (Wildman–Crippen LogP) is 5.81. The topological polar surface area (TPSA) is 50.4 Å². The van der Waals surface area contributed by atoms with Crippen molar-refractivity contribution in [3.8, 4) is 5.75 Å². The zero-order valence-electron chi connectivity index (χ0n) is 17.2. The van der Waals surface area contributed by atoms with Gasteiger partial charge in [-0.25, -0.2) is 4.39 Å². The summed E-state index contributed by atoms with van der Waals surface area (Å²) in [5, 5.41) is 7.04. The van der Waals surface area contributed by atoms with Gasteiger partial charge >= 0.3 is 0 Å². The SMILES string of the molecule is COc1cccc(C2CC(=O)C3=C(C2)Nc2ccccc2NC3c2ccc(F)cc2)c1. The fourth-order valence-corrected chi connectivity index (χ4v) is 4.53. The number of rotatable bonds is 3. The highest BCUT2D eigenvalue weighted by molar-refractivity contribution is 6.01. The zero-order valence-corrected chi connectivity index (χ0v) is 17.2. The van der Waals surface area contributed by atoms with Crippen LogP contribution in [-0.4, -0.2) is 12.9 Å². The molecule has 1 aliphatic heterocycles. The van der Waals surface area contributed by atoms with Crippen LogP contribution in [0.15, 0.2) is 84.1 Å². The maximum Gasteiger partial charge on any atom is 0.163 e. The lowest BCUT2D eigenvalue weighted by molar-refractivity contribution is -0.116. The molecule has 0 fully saturated rings. The first-order chi connectivity index (χ1) is 15.1. The number of Topliss-reactive ketones (excluding diaryl/α,β-unsaturated/α-hetero) is 1. The molecule has 0 amide bonds. The van der Waals surface area contributed by atoms with Crippen LogP contribution in [0.3, 0.4) is 0 Å². The fourth-order valence-electron chi connectivity index (χ4n) is 4.53.